The van der Waals surface area contributed by atoms with Gasteiger partial charge in [-0.15, -0.1) is 15.2 Å². The zero-order valence-corrected chi connectivity index (χ0v) is 51.8. The molecular formula is C56H109Cl3N10O6. The van der Waals surface area contributed by atoms with E-state index in [1.807, 2.05) is 22.1 Å². The van der Waals surface area contributed by atoms with Crippen LogP contribution < -0.4 is 21.3 Å². The Hall–Kier alpha value is -1.99. The van der Waals surface area contributed by atoms with Crippen molar-refractivity contribution in [1.29, 1.82) is 0 Å². The normalized spacial score (nSPS) is 20.1. The second kappa shape index (κ2) is 34.9. The number of hydrogen-bond acceptors (Lipinski definition) is 16. The number of aromatic nitrogens is 3. The topological polar surface area (TPSA) is 175 Å². The summed E-state index contributed by atoms with van der Waals surface area (Å²) in [6, 6.07) is 1.34. The van der Waals surface area contributed by atoms with Gasteiger partial charge in [0.2, 0.25) is 15.9 Å². The molecule has 19 heteroatoms. The molecule has 1 aromatic rings. The molecule has 0 amide bonds. The fourth-order valence-electron chi connectivity index (χ4n) is 11.1. The Morgan fingerprint density at radius 1 is 0.453 bits per heavy atom. The largest absolute Gasteiger partial charge is 0.367 e. The maximum atomic E-state index is 11.9. The van der Waals surface area contributed by atoms with Gasteiger partial charge in [0.1, 0.15) is 0 Å². The Morgan fingerprint density at radius 3 is 0.960 bits per heavy atom. The molecule has 440 valence electrons. The number of hydroxylamine groups is 6. The van der Waals surface area contributed by atoms with Crippen molar-refractivity contribution < 1.29 is 28.9 Å². The van der Waals surface area contributed by atoms with Crippen molar-refractivity contribution >= 4 is 52.7 Å². The van der Waals surface area contributed by atoms with Crippen molar-refractivity contribution in [3.8, 4) is 0 Å². The van der Waals surface area contributed by atoms with Crippen LogP contribution in [0, 0.1) is 0 Å². The molecular weight excluding hydrogens is 1020 g/mol. The molecule has 4 rings (SSSR count). The van der Waals surface area contributed by atoms with E-state index in [1.165, 1.54) is 91.1 Å². The quantitative estimate of drug-likeness (QED) is 0.0761. The number of rotatable bonds is 23. The molecule has 3 fully saturated rings. The molecule has 0 atom stereocenters. The first-order valence-corrected chi connectivity index (χ1v) is 29.0. The monoisotopic (exact) mass is 1120 g/mol. The Labute approximate surface area is 472 Å². The highest BCUT2D eigenvalue weighted by atomic mass is 35.5. The third kappa shape index (κ3) is 28.1. The van der Waals surface area contributed by atoms with Crippen LogP contribution in [0.5, 0.6) is 0 Å². The minimum atomic E-state index is -0.252. The van der Waals surface area contributed by atoms with Crippen LogP contribution in [-0.2, 0) is 28.9 Å². The fraction of sp³-hybridized carbons (Fsp3) is 0.893. The van der Waals surface area contributed by atoms with Gasteiger partial charge in [-0.3, -0.25) is 14.4 Å². The van der Waals surface area contributed by atoms with E-state index in [2.05, 4.69) is 140 Å². The maximum Gasteiger partial charge on any atom is 0.324 e. The molecule has 0 unspecified atom stereocenters. The van der Waals surface area contributed by atoms with Gasteiger partial charge in [0.25, 0.3) is 0 Å². The number of carbonyl (C=O) groups excluding carboxylic acids is 3. The second-order valence-electron chi connectivity index (χ2n) is 24.3. The molecule has 16 nitrogen and oxygen atoms in total. The first-order valence-electron chi connectivity index (χ1n) is 27.9. The predicted molar refractivity (Wildman–Crippen MR) is 311 cm³/mol. The highest BCUT2D eigenvalue weighted by molar-refractivity contribution is 6.33. The SMILES string of the molecule is C.CCC(=O)ON1C(C)(C)CC(NCCCCCCNC2CC(C)(C)N(OC(C)=O)C(C)(C)C2)CC1(C)C.CCCCNC1CC(C)(C)N(OC(C)=O)C(C)(C)C1.CCCCNCCCC.Clc1nc(Cl)nc(Cl)n1. The summed E-state index contributed by atoms with van der Waals surface area (Å²) in [6.07, 6.45) is 18.7. The van der Waals surface area contributed by atoms with E-state index in [9.17, 15) is 14.4 Å². The molecule has 0 saturated carbocycles. The lowest BCUT2D eigenvalue weighted by molar-refractivity contribution is -0.268. The zero-order chi connectivity index (χ0) is 56.6. The molecule has 4 N–H and O–H groups in total. The second-order valence-corrected chi connectivity index (χ2v) is 25.3. The lowest BCUT2D eigenvalue weighted by Gasteiger charge is -2.53. The molecule has 4 heterocycles. The Balaban J connectivity index is 0.00000118. The molecule has 0 aromatic carbocycles. The minimum Gasteiger partial charge on any atom is -0.367 e. The first-order chi connectivity index (χ1) is 34.3. The first kappa shape index (κ1) is 73.0. The number of nitrogens with one attached hydrogen (secondary N) is 4. The van der Waals surface area contributed by atoms with Crippen molar-refractivity contribution in [1.82, 2.24) is 51.4 Å². The smallest absolute Gasteiger partial charge is 0.324 e. The van der Waals surface area contributed by atoms with Gasteiger partial charge in [-0.1, -0.05) is 67.2 Å². The Morgan fingerprint density at radius 2 is 0.707 bits per heavy atom. The van der Waals surface area contributed by atoms with Crippen LogP contribution in [0.25, 0.3) is 0 Å². The molecule has 0 spiro atoms. The van der Waals surface area contributed by atoms with E-state index in [0.717, 1.165) is 58.2 Å². The Bertz CT molecular complexity index is 1680. The van der Waals surface area contributed by atoms with Crippen molar-refractivity contribution in [3.63, 3.8) is 0 Å². The summed E-state index contributed by atoms with van der Waals surface area (Å²) in [5.41, 5.74) is -1.09. The van der Waals surface area contributed by atoms with Crippen LogP contribution in [0.15, 0.2) is 0 Å². The number of halogens is 3. The summed E-state index contributed by atoms with van der Waals surface area (Å²) >= 11 is 16.0. The van der Waals surface area contributed by atoms with Gasteiger partial charge < -0.3 is 35.8 Å². The highest BCUT2D eigenvalue weighted by Gasteiger charge is 2.50. The molecule has 0 radical (unpaired) electrons. The number of hydrogen-bond donors (Lipinski definition) is 4. The summed E-state index contributed by atoms with van der Waals surface area (Å²) in [5.74, 6) is -0.655. The average molecular weight is 1120 g/mol. The molecule has 3 aliphatic rings. The van der Waals surface area contributed by atoms with Gasteiger partial charge in [-0.05, 0) is 221 Å². The van der Waals surface area contributed by atoms with Gasteiger partial charge in [0.05, 0.1) is 33.2 Å². The van der Waals surface area contributed by atoms with Crippen LogP contribution in [-0.4, -0.2) is 132 Å². The van der Waals surface area contributed by atoms with Crippen molar-refractivity contribution in [2.45, 2.75) is 293 Å². The Kier molecular flexibility index (Phi) is 34.0. The van der Waals surface area contributed by atoms with Gasteiger partial charge in [0.15, 0.2) is 0 Å². The van der Waals surface area contributed by atoms with Crippen LogP contribution >= 0.6 is 34.8 Å². The zero-order valence-electron chi connectivity index (χ0n) is 49.6. The van der Waals surface area contributed by atoms with E-state index in [1.54, 1.807) is 0 Å². The number of piperidine rings is 3. The molecule has 1 aromatic heterocycles. The van der Waals surface area contributed by atoms with Crippen LogP contribution in [0.2, 0.25) is 15.9 Å². The van der Waals surface area contributed by atoms with E-state index < -0.39 is 0 Å². The molecule has 75 heavy (non-hydrogen) atoms. The van der Waals surface area contributed by atoms with Crippen molar-refractivity contribution in [2.24, 2.45) is 0 Å². The summed E-state index contributed by atoms with van der Waals surface area (Å²) in [4.78, 5) is 62.0. The van der Waals surface area contributed by atoms with E-state index >= 15 is 0 Å². The average Bonchev–Trinajstić information content (AvgIpc) is 3.25. The van der Waals surface area contributed by atoms with Crippen LogP contribution in [0.3, 0.4) is 0 Å². The number of nitrogens with zero attached hydrogens (tertiary/aromatic N) is 6. The summed E-state index contributed by atoms with van der Waals surface area (Å²) in [5, 5.41) is 20.3. The molecule has 3 saturated heterocycles. The third-order valence-corrected chi connectivity index (χ3v) is 14.1. The highest BCUT2D eigenvalue weighted by Crippen LogP contribution is 2.41. The minimum absolute atomic E-state index is 0. The lowest BCUT2D eigenvalue weighted by atomic mass is 9.79. The maximum absolute atomic E-state index is 11.9. The van der Waals surface area contributed by atoms with E-state index in [0.29, 0.717) is 24.5 Å². The molecule has 0 aliphatic carbocycles. The van der Waals surface area contributed by atoms with Gasteiger partial charge in [-0.25, -0.2) is 0 Å². The van der Waals surface area contributed by atoms with Gasteiger partial charge in [0, 0.05) is 38.4 Å². The van der Waals surface area contributed by atoms with Crippen LogP contribution in [0.4, 0.5) is 0 Å². The van der Waals surface area contributed by atoms with Crippen molar-refractivity contribution in [2.75, 3.05) is 32.7 Å². The lowest BCUT2D eigenvalue weighted by Crippen LogP contribution is -2.64. The van der Waals surface area contributed by atoms with Crippen molar-refractivity contribution in [3.05, 3.63) is 15.9 Å². The summed E-state index contributed by atoms with van der Waals surface area (Å²) < 4.78 is 0. The summed E-state index contributed by atoms with van der Waals surface area (Å²) in [7, 11) is 0. The van der Waals surface area contributed by atoms with E-state index in [-0.39, 0.29) is 74.4 Å². The number of unbranched alkanes of at least 4 members (excludes halogenated alkanes) is 6. The molecule has 3 aliphatic heterocycles. The standard InChI is InChI=1S/C29H56N4O4.C15H30N2O2.C8H19N.C3Cl3N3.CH4/c1-11-25(35)37-33-28(7,8)20-24(21-29(33,9)10)31-17-15-13-12-14-16-30-23-18-26(3,4)32(36-22(2)34)27(5,6)19-23;1-7-8-9-16-13-10-14(3,4)17(19-12(2)18)15(5,6)11-13;1-3-5-7-9-8-6-4-2;4-1-7-2(5)9-3(6)8-1;/h23-24,30-31H,11-21H2,1-10H3;13,16H,7-11H2,1-6H3;9H,3-8H2,1-2H3;;1H4. The summed E-state index contributed by atoms with van der Waals surface area (Å²) in [6.45, 7) is 42.8. The van der Waals surface area contributed by atoms with Gasteiger partial charge in [-0.2, -0.15) is 15.0 Å². The third-order valence-electron chi connectivity index (χ3n) is 13.6. The van der Waals surface area contributed by atoms with Crippen LogP contribution in [0.1, 0.15) is 241 Å². The predicted octanol–water partition coefficient (Wildman–Crippen LogP) is 12.6. The number of carbonyl (C=O) groups is 3. The van der Waals surface area contributed by atoms with Gasteiger partial charge >= 0.3 is 17.9 Å². The molecule has 0 bridgehead atoms. The fourth-order valence-corrected chi connectivity index (χ4v) is 11.7. The van der Waals surface area contributed by atoms with E-state index in [4.69, 9.17) is 49.3 Å².